The molecular formula is C17H26BrNO2. The van der Waals surface area contributed by atoms with E-state index in [4.69, 9.17) is 15.2 Å². The lowest BCUT2D eigenvalue weighted by atomic mass is 9.76. The van der Waals surface area contributed by atoms with Crippen LogP contribution < -0.4 is 10.5 Å². The fraction of sp³-hybridized carbons (Fsp3) is 0.647. The van der Waals surface area contributed by atoms with Gasteiger partial charge in [-0.05, 0) is 63.1 Å². The van der Waals surface area contributed by atoms with Crippen LogP contribution in [-0.2, 0) is 4.74 Å². The summed E-state index contributed by atoms with van der Waals surface area (Å²) in [5.74, 6) is 1.60. The van der Waals surface area contributed by atoms with Gasteiger partial charge in [-0.2, -0.15) is 0 Å². The number of hydrogen-bond acceptors (Lipinski definition) is 3. The Kier molecular flexibility index (Phi) is 5.69. The minimum atomic E-state index is 0.0173. The monoisotopic (exact) mass is 355 g/mol. The van der Waals surface area contributed by atoms with Gasteiger partial charge < -0.3 is 15.2 Å². The second-order valence-electron chi connectivity index (χ2n) is 6.00. The molecule has 0 aromatic heterocycles. The largest absolute Gasteiger partial charge is 0.496 e. The molecule has 1 aliphatic carbocycles. The number of hydrogen-bond donors (Lipinski definition) is 1. The lowest BCUT2D eigenvalue weighted by Crippen LogP contribution is -2.33. The molecule has 1 fully saturated rings. The molecule has 2 rings (SSSR count). The normalized spacial score (nSPS) is 22.8. The van der Waals surface area contributed by atoms with Crippen molar-refractivity contribution >= 4 is 15.9 Å². The van der Waals surface area contributed by atoms with Gasteiger partial charge in [0.15, 0.2) is 0 Å². The molecule has 1 aromatic carbocycles. The van der Waals surface area contributed by atoms with E-state index < -0.39 is 0 Å². The van der Waals surface area contributed by atoms with Crippen molar-refractivity contribution < 1.29 is 9.47 Å². The molecule has 1 atom stereocenters. The zero-order chi connectivity index (χ0) is 15.6. The molecule has 1 saturated carbocycles. The van der Waals surface area contributed by atoms with E-state index in [1.54, 1.807) is 7.11 Å². The van der Waals surface area contributed by atoms with Crippen molar-refractivity contribution in [3.63, 3.8) is 0 Å². The second kappa shape index (κ2) is 7.12. The molecule has 4 heteroatoms. The predicted octanol–water partition coefficient (Wildman–Crippen LogP) is 4.28. The predicted molar refractivity (Wildman–Crippen MR) is 89.9 cm³/mol. The Hall–Kier alpha value is -0.580. The van der Waals surface area contributed by atoms with E-state index >= 15 is 0 Å². The highest BCUT2D eigenvalue weighted by atomic mass is 79.9. The first-order chi connectivity index (χ1) is 9.97. The molecule has 2 N–H and O–H groups in total. The van der Waals surface area contributed by atoms with Gasteiger partial charge in [0.25, 0.3) is 0 Å². The van der Waals surface area contributed by atoms with Crippen LogP contribution in [0.5, 0.6) is 5.75 Å². The van der Waals surface area contributed by atoms with E-state index in [0.29, 0.717) is 12.0 Å². The number of ether oxygens (including phenoxy) is 2. The van der Waals surface area contributed by atoms with Crippen LogP contribution in [0.25, 0.3) is 0 Å². The van der Waals surface area contributed by atoms with E-state index in [-0.39, 0.29) is 6.04 Å². The van der Waals surface area contributed by atoms with Gasteiger partial charge in [-0.25, -0.2) is 0 Å². The van der Waals surface area contributed by atoms with Crippen molar-refractivity contribution in [2.75, 3.05) is 13.7 Å². The van der Waals surface area contributed by atoms with Gasteiger partial charge in [0, 0.05) is 22.7 Å². The van der Waals surface area contributed by atoms with E-state index in [0.717, 1.165) is 47.2 Å². The molecule has 21 heavy (non-hydrogen) atoms. The van der Waals surface area contributed by atoms with Crippen LogP contribution in [-0.4, -0.2) is 19.8 Å². The zero-order valence-electron chi connectivity index (χ0n) is 13.4. The molecule has 0 heterocycles. The van der Waals surface area contributed by atoms with Gasteiger partial charge in [-0.3, -0.25) is 0 Å². The number of benzene rings is 1. The smallest absolute Gasteiger partial charge is 0.126 e. The summed E-state index contributed by atoms with van der Waals surface area (Å²) in [6.07, 6.45) is 3.71. The van der Waals surface area contributed by atoms with Crippen molar-refractivity contribution in [1.29, 1.82) is 0 Å². The van der Waals surface area contributed by atoms with Crippen molar-refractivity contribution in [3.05, 3.63) is 27.2 Å². The van der Waals surface area contributed by atoms with Crippen molar-refractivity contribution in [1.82, 2.24) is 0 Å². The number of nitrogens with two attached hydrogens (primary N) is 1. The lowest BCUT2D eigenvalue weighted by Gasteiger charge is -2.37. The summed E-state index contributed by atoms with van der Waals surface area (Å²) in [5.41, 5.74) is 9.95. The van der Waals surface area contributed by atoms with Crippen molar-refractivity contribution in [3.8, 4) is 5.75 Å². The zero-order valence-corrected chi connectivity index (χ0v) is 15.0. The summed E-state index contributed by atoms with van der Waals surface area (Å²) < 4.78 is 12.3. The number of rotatable bonds is 6. The molecule has 0 spiro atoms. The highest BCUT2D eigenvalue weighted by Gasteiger charge is 2.32. The van der Waals surface area contributed by atoms with Gasteiger partial charge in [0.2, 0.25) is 0 Å². The quantitative estimate of drug-likeness (QED) is 0.827. The molecular weight excluding hydrogens is 330 g/mol. The first-order valence-corrected chi connectivity index (χ1v) is 8.47. The maximum Gasteiger partial charge on any atom is 0.126 e. The van der Waals surface area contributed by atoms with Gasteiger partial charge in [-0.15, -0.1) is 0 Å². The molecule has 0 saturated heterocycles. The van der Waals surface area contributed by atoms with Gasteiger partial charge >= 0.3 is 0 Å². The van der Waals surface area contributed by atoms with Crippen LogP contribution in [0, 0.1) is 19.8 Å². The lowest BCUT2D eigenvalue weighted by molar-refractivity contribution is -0.0282. The van der Waals surface area contributed by atoms with E-state index in [1.807, 2.05) is 0 Å². The third-order valence-electron chi connectivity index (χ3n) is 4.47. The molecule has 1 unspecified atom stereocenters. The van der Waals surface area contributed by atoms with E-state index in [1.165, 1.54) is 5.56 Å². The fourth-order valence-corrected chi connectivity index (χ4v) is 3.87. The van der Waals surface area contributed by atoms with Gasteiger partial charge in [0.1, 0.15) is 5.75 Å². The summed E-state index contributed by atoms with van der Waals surface area (Å²) in [4.78, 5) is 0. The van der Waals surface area contributed by atoms with Crippen LogP contribution >= 0.6 is 15.9 Å². The standard InChI is InChI=1S/C17H26BrNO2/c1-5-21-13-7-12(8-13)9-15(19)16-11(3)14(18)6-10(2)17(16)20-4/h6,12-13,15H,5,7-9,19H2,1-4H3. The Morgan fingerprint density at radius 3 is 2.62 bits per heavy atom. The van der Waals surface area contributed by atoms with Crippen LogP contribution in [0.4, 0.5) is 0 Å². The first-order valence-electron chi connectivity index (χ1n) is 7.68. The highest BCUT2D eigenvalue weighted by molar-refractivity contribution is 9.10. The number of methoxy groups -OCH3 is 1. The van der Waals surface area contributed by atoms with Gasteiger partial charge in [0.05, 0.1) is 13.2 Å². The SMILES string of the molecule is CCOC1CC(CC(N)c2c(C)c(Br)cc(C)c2OC)C1. The Morgan fingerprint density at radius 2 is 2.05 bits per heavy atom. The average molecular weight is 356 g/mol. The maximum atomic E-state index is 6.50. The van der Waals surface area contributed by atoms with Crippen LogP contribution in [0.3, 0.4) is 0 Å². The first kappa shape index (κ1) is 16.8. The maximum absolute atomic E-state index is 6.50. The topological polar surface area (TPSA) is 44.5 Å². The van der Waals surface area contributed by atoms with Crippen LogP contribution in [0.2, 0.25) is 0 Å². The van der Waals surface area contributed by atoms with Crippen LogP contribution in [0.15, 0.2) is 10.5 Å². The third kappa shape index (κ3) is 3.61. The molecule has 0 bridgehead atoms. The summed E-state index contributed by atoms with van der Waals surface area (Å²) in [6.45, 7) is 7.03. The molecule has 0 radical (unpaired) electrons. The molecule has 1 aliphatic rings. The molecule has 0 aliphatic heterocycles. The van der Waals surface area contributed by atoms with Crippen molar-refractivity contribution in [2.45, 2.75) is 52.2 Å². The molecule has 3 nitrogen and oxygen atoms in total. The summed E-state index contributed by atoms with van der Waals surface area (Å²) in [6, 6.07) is 2.11. The van der Waals surface area contributed by atoms with Crippen molar-refractivity contribution in [2.24, 2.45) is 11.7 Å². The number of aryl methyl sites for hydroxylation is 1. The Bertz CT molecular complexity index is 498. The Morgan fingerprint density at radius 1 is 1.38 bits per heavy atom. The third-order valence-corrected chi connectivity index (χ3v) is 5.29. The highest BCUT2D eigenvalue weighted by Crippen LogP contribution is 2.41. The number of halogens is 1. The summed E-state index contributed by atoms with van der Waals surface area (Å²) in [5, 5.41) is 0. The van der Waals surface area contributed by atoms with E-state index in [2.05, 4.69) is 42.8 Å². The summed E-state index contributed by atoms with van der Waals surface area (Å²) >= 11 is 3.62. The molecule has 1 aromatic rings. The van der Waals surface area contributed by atoms with Crippen LogP contribution in [0.1, 0.15) is 48.9 Å². The minimum absolute atomic E-state index is 0.0173. The Balaban J connectivity index is 2.11. The fourth-order valence-electron chi connectivity index (χ4n) is 3.31. The van der Waals surface area contributed by atoms with E-state index in [9.17, 15) is 0 Å². The minimum Gasteiger partial charge on any atom is -0.496 e. The molecule has 0 amide bonds. The Labute approximate surface area is 136 Å². The average Bonchev–Trinajstić information content (AvgIpc) is 2.39. The second-order valence-corrected chi connectivity index (χ2v) is 6.86. The summed E-state index contributed by atoms with van der Waals surface area (Å²) in [7, 11) is 1.72. The van der Waals surface area contributed by atoms with Gasteiger partial charge in [-0.1, -0.05) is 15.9 Å². The molecule has 118 valence electrons.